The first-order valence-electron chi connectivity index (χ1n) is 7.33. The molecule has 1 aromatic heterocycles. The van der Waals surface area contributed by atoms with Gasteiger partial charge < -0.3 is 10.6 Å². The van der Waals surface area contributed by atoms with Crippen LogP contribution in [0.5, 0.6) is 0 Å². The maximum Gasteiger partial charge on any atom is 0.227 e. The van der Waals surface area contributed by atoms with Gasteiger partial charge in [-0.25, -0.2) is 0 Å². The van der Waals surface area contributed by atoms with E-state index in [1.165, 1.54) is 5.56 Å². The van der Waals surface area contributed by atoms with Crippen LogP contribution in [0.3, 0.4) is 0 Å². The van der Waals surface area contributed by atoms with Gasteiger partial charge in [-0.15, -0.1) is 23.7 Å². The van der Waals surface area contributed by atoms with Crippen LogP contribution in [0.15, 0.2) is 47.8 Å². The zero-order valence-corrected chi connectivity index (χ0v) is 14.0. The maximum absolute atomic E-state index is 12.4. The fourth-order valence-corrected chi connectivity index (χ4v) is 3.76. The Balaban J connectivity index is 0.00000176. The largest absolute Gasteiger partial charge is 0.341 e. The lowest BCUT2D eigenvalue weighted by atomic mass is 9.89. The number of hydrogen-bond donors (Lipinski definition) is 1. The fourth-order valence-electron chi connectivity index (χ4n) is 3.07. The molecule has 22 heavy (non-hydrogen) atoms. The molecule has 2 atom stereocenters. The van der Waals surface area contributed by atoms with Gasteiger partial charge in [0.15, 0.2) is 0 Å². The Kier molecular flexibility index (Phi) is 6.00. The van der Waals surface area contributed by atoms with Gasteiger partial charge in [-0.3, -0.25) is 4.79 Å². The van der Waals surface area contributed by atoms with Gasteiger partial charge >= 0.3 is 0 Å². The summed E-state index contributed by atoms with van der Waals surface area (Å²) < 4.78 is 0. The Morgan fingerprint density at radius 2 is 1.95 bits per heavy atom. The minimum atomic E-state index is 0. The number of thiophene rings is 1. The van der Waals surface area contributed by atoms with Gasteiger partial charge in [-0.05, 0) is 29.5 Å². The van der Waals surface area contributed by atoms with Gasteiger partial charge in [-0.2, -0.15) is 0 Å². The van der Waals surface area contributed by atoms with Crippen molar-refractivity contribution < 1.29 is 4.79 Å². The number of carbonyl (C=O) groups excluding carboxylic acids is 1. The Morgan fingerprint density at radius 1 is 1.18 bits per heavy atom. The summed E-state index contributed by atoms with van der Waals surface area (Å²) in [5.74, 6) is 0.942. The Morgan fingerprint density at radius 3 is 2.59 bits per heavy atom. The lowest BCUT2D eigenvalue weighted by molar-refractivity contribution is -0.129. The van der Waals surface area contributed by atoms with Gasteiger partial charge in [-0.1, -0.05) is 36.4 Å². The summed E-state index contributed by atoms with van der Waals surface area (Å²) in [6, 6.07) is 14.4. The normalized spacial score (nSPS) is 20.7. The standard InChI is InChI=1S/C17H20N2OS.ClH/c18-10-14-11-19(17(20)9-15-7-4-8-21-15)12-16(14)13-5-2-1-3-6-13;/h1-8,14,16H,9-12,18H2;1H/t14-,16+;/m1./s1. The Bertz CT molecular complexity index is 588. The first-order chi connectivity index (χ1) is 10.3. The lowest BCUT2D eigenvalue weighted by Crippen LogP contribution is -2.30. The zero-order chi connectivity index (χ0) is 14.7. The minimum absolute atomic E-state index is 0. The molecule has 2 N–H and O–H groups in total. The third kappa shape index (κ3) is 3.69. The van der Waals surface area contributed by atoms with Crippen molar-refractivity contribution in [3.05, 3.63) is 58.3 Å². The molecule has 118 valence electrons. The highest BCUT2D eigenvalue weighted by Crippen LogP contribution is 2.32. The number of likely N-dealkylation sites (tertiary alicyclic amines) is 1. The number of rotatable bonds is 4. The molecule has 2 heterocycles. The summed E-state index contributed by atoms with van der Waals surface area (Å²) in [7, 11) is 0. The lowest BCUT2D eigenvalue weighted by Gasteiger charge is -2.16. The van der Waals surface area contributed by atoms with Crippen LogP contribution in [0.4, 0.5) is 0 Å². The molecule has 1 amide bonds. The first-order valence-corrected chi connectivity index (χ1v) is 8.21. The van der Waals surface area contributed by atoms with Crippen LogP contribution < -0.4 is 5.73 Å². The molecule has 2 aromatic rings. The van der Waals surface area contributed by atoms with E-state index in [-0.39, 0.29) is 18.3 Å². The van der Waals surface area contributed by atoms with E-state index >= 15 is 0 Å². The van der Waals surface area contributed by atoms with E-state index in [9.17, 15) is 4.79 Å². The van der Waals surface area contributed by atoms with E-state index in [4.69, 9.17) is 5.73 Å². The van der Waals surface area contributed by atoms with E-state index in [1.54, 1.807) is 11.3 Å². The van der Waals surface area contributed by atoms with Crippen molar-refractivity contribution in [3.8, 4) is 0 Å². The second-order valence-corrected chi connectivity index (χ2v) is 6.60. The van der Waals surface area contributed by atoms with Crippen molar-refractivity contribution in [2.24, 2.45) is 11.7 Å². The first kappa shape index (κ1) is 17.0. The predicted octanol–water partition coefficient (Wildman–Crippen LogP) is 2.91. The molecule has 1 fully saturated rings. The molecule has 3 rings (SSSR count). The predicted molar refractivity (Wildman–Crippen MR) is 93.6 cm³/mol. The molecule has 0 unspecified atom stereocenters. The van der Waals surface area contributed by atoms with E-state index in [1.807, 2.05) is 28.5 Å². The van der Waals surface area contributed by atoms with E-state index < -0.39 is 0 Å². The summed E-state index contributed by atoms with van der Waals surface area (Å²) in [4.78, 5) is 15.6. The SMILES string of the molecule is Cl.NC[C@@H]1CN(C(=O)Cc2cccs2)C[C@H]1c1ccccc1. The molecule has 3 nitrogen and oxygen atoms in total. The summed E-state index contributed by atoms with van der Waals surface area (Å²) in [6.07, 6.45) is 0.510. The second-order valence-electron chi connectivity index (χ2n) is 5.57. The smallest absolute Gasteiger partial charge is 0.227 e. The van der Waals surface area contributed by atoms with Crippen LogP contribution >= 0.6 is 23.7 Å². The van der Waals surface area contributed by atoms with Crippen LogP contribution in [-0.2, 0) is 11.2 Å². The number of amides is 1. The van der Waals surface area contributed by atoms with Crippen LogP contribution in [0.25, 0.3) is 0 Å². The molecule has 1 aliphatic heterocycles. The van der Waals surface area contributed by atoms with Crippen molar-refractivity contribution in [1.82, 2.24) is 4.90 Å². The maximum atomic E-state index is 12.4. The van der Waals surface area contributed by atoms with Crippen molar-refractivity contribution in [2.45, 2.75) is 12.3 Å². The summed E-state index contributed by atoms with van der Waals surface area (Å²) in [6.45, 7) is 2.19. The van der Waals surface area contributed by atoms with Crippen molar-refractivity contribution >= 4 is 29.7 Å². The monoisotopic (exact) mass is 336 g/mol. The van der Waals surface area contributed by atoms with Crippen LogP contribution in [0.1, 0.15) is 16.4 Å². The number of nitrogens with zero attached hydrogens (tertiary/aromatic N) is 1. The molecule has 0 spiro atoms. The highest BCUT2D eigenvalue weighted by Gasteiger charge is 2.35. The average Bonchev–Trinajstić information content (AvgIpc) is 3.17. The van der Waals surface area contributed by atoms with Gasteiger partial charge in [0.1, 0.15) is 0 Å². The van der Waals surface area contributed by atoms with Gasteiger partial charge in [0.05, 0.1) is 6.42 Å². The number of carbonyl (C=O) groups is 1. The highest BCUT2D eigenvalue weighted by atomic mass is 35.5. The number of benzene rings is 1. The number of halogens is 1. The molecule has 1 aliphatic rings. The Labute approximate surface area is 141 Å². The van der Waals surface area contributed by atoms with E-state index in [2.05, 4.69) is 24.3 Å². The van der Waals surface area contributed by atoms with Gasteiger partial charge in [0.2, 0.25) is 5.91 Å². The third-order valence-electron chi connectivity index (χ3n) is 4.23. The average molecular weight is 337 g/mol. The fraction of sp³-hybridized carbons (Fsp3) is 0.353. The number of nitrogens with two attached hydrogens (primary N) is 1. The Hall–Kier alpha value is -1.36. The van der Waals surface area contributed by atoms with Crippen molar-refractivity contribution in [1.29, 1.82) is 0 Å². The van der Waals surface area contributed by atoms with Crippen molar-refractivity contribution in [3.63, 3.8) is 0 Å². The topological polar surface area (TPSA) is 46.3 Å². The molecule has 0 radical (unpaired) electrons. The van der Waals surface area contributed by atoms with Gasteiger partial charge in [0.25, 0.3) is 0 Å². The second kappa shape index (κ2) is 7.77. The molecule has 0 bridgehead atoms. The summed E-state index contributed by atoms with van der Waals surface area (Å²) in [5, 5.41) is 2.02. The van der Waals surface area contributed by atoms with Gasteiger partial charge in [0, 0.05) is 23.9 Å². The molecular formula is C17H21ClN2OS. The summed E-state index contributed by atoms with van der Waals surface area (Å²) >= 11 is 1.64. The molecular weight excluding hydrogens is 316 g/mol. The summed E-state index contributed by atoms with van der Waals surface area (Å²) in [5.41, 5.74) is 7.22. The molecule has 0 aliphatic carbocycles. The van der Waals surface area contributed by atoms with E-state index in [0.29, 0.717) is 24.8 Å². The van der Waals surface area contributed by atoms with Crippen molar-refractivity contribution in [2.75, 3.05) is 19.6 Å². The number of hydrogen-bond acceptors (Lipinski definition) is 3. The molecule has 1 saturated heterocycles. The zero-order valence-electron chi connectivity index (χ0n) is 12.4. The molecule has 1 aromatic carbocycles. The highest BCUT2D eigenvalue weighted by molar-refractivity contribution is 7.10. The quantitative estimate of drug-likeness (QED) is 0.933. The minimum Gasteiger partial charge on any atom is -0.341 e. The van der Waals surface area contributed by atoms with Crippen LogP contribution in [0.2, 0.25) is 0 Å². The third-order valence-corrected chi connectivity index (χ3v) is 5.11. The van der Waals surface area contributed by atoms with Crippen LogP contribution in [-0.4, -0.2) is 30.4 Å². The molecule has 0 saturated carbocycles. The van der Waals surface area contributed by atoms with Crippen LogP contribution in [0, 0.1) is 5.92 Å². The van der Waals surface area contributed by atoms with E-state index in [0.717, 1.165) is 18.0 Å². The molecule has 5 heteroatoms.